The summed E-state index contributed by atoms with van der Waals surface area (Å²) in [5, 5.41) is 3.37. The number of rotatable bonds is 3. The minimum absolute atomic E-state index is 0.553. The van der Waals surface area contributed by atoms with Crippen molar-refractivity contribution in [2.45, 2.75) is 0 Å². The fourth-order valence-corrected chi connectivity index (χ4v) is 0.701. The lowest BCUT2D eigenvalue weighted by atomic mass is 10.3. The van der Waals surface area contributed by atoms with E-state index >= 15 is 0 Å². The Morgan fingerprint density at radius 3 is 2.45 bits per heavy atom. The van der Waals surface area contributed by atoms with Gasteiger partial charge in [-0.05, 0) is 17.1 Å². The van der Waals surface area contributed by atoms with E-state index in [1.807, 2.05) is 6.07 Å². The molecule has 57 valence electrons. The van der Waals surface area contributed by atoms with Crippen LogP contribution in [0.1, 0.15) is 0 Å². The van der Waals surface area contributed by atoms with Crippen molar-refractivity contribution < 1.29 is 10.8 Å². The molecule has 3 N–H and O–H groups in total. The largest absolute Gasteiger partial charge is 0.519 e. The maximum atomic E-state index is 10.0. The molecular weight excluding hydrogens is 146 g/mol. The Bertz CT molecular complexity index is 227. The fourth-order valence-electron chi connectivity index (χ4n) is 0.701. The first kappa shape index (κ1) is 7.64. The molecule has 0 spiro atoms. The molecule has 5 nitrogen and oxygen atoms in total. The molecule has 1 rings (SSSR count). The Labute approximate surface area is 63.2 Å². The van der Waals surface area contributed by atoms with Crippen LogP contribution in [-0.2, 0) is 4.94 Å². The maximum absolute atomic E-state index is 10.0. The lowest BCUT2D eigenvalue weighted by Gasteiger charge is -1.94. The number of hydrogen-bond donors (Lipinski definition) is 1. The van der Waals surface area contributed by atoms with Gasteiger partial charge in [0.2, 0.25) is 0 Å². The molecule has 0 aliphatic heterocycles. The maximum Gasteiger partial charge on any atom is 0.519 e. The standard InChI is InChI=1S/C6H8N3O2/c7-11-9(8-10)6-4-2-1-3-5-6/h1-5H,7H3/q+2. The number of para-hydroxylation sites is 1. The van der Waals surface area contributed by atoms with E-state index in [2.05, 4.69) is 16.1 Å². The molecule has 0 saturated carbocycles. The molecule has 5 heteroatoms. The zero-order chi connectivity index (χ0) is 8.10. The van der Waals surface area contributed by atoms with Crippen LogP contribution in [-0.4, -0.2) is 0 Å². The van der Waals surface area contributed by atoms with E-state index in [9.17, 15) is 4.91 Å². The average Bonchev–Trinajstić information content (AvgIpc) is 2.09. The van der Waals surface area contributed by atoms with Gasteiger partial charge in [0.25, 0.3) is 0 Å². The molecule has 0 aromatic heterocycles. The van der Waals surface area contributed by atoms with Crippen LogP contribution < -0.4 is 16.4 Å². The van der Waals surface area contributed by atoms with E-state index in [4.69, 9.17) is 0 Å². The van der Waals surface area contributed by atoms with Crippen LogP contribution in [0, 0.1) is 4.91 Å². The summed E-state index contributed by atoms with van der Waals surface area (Å²) in [5.74, 6) is 3.07. The van der Waals surface area contributed by atoms with Gasteiger partial charge in [0.05, 0.1) is 0 Å². The van der Waals surface area contributed by atoms with Crippen LogP contribution in [0.15, 0.2) is 30.3 Å². The van der Waals surface area contributed by atoms with Gasteiger partial charge in [-0.25, -0.2) is 0 Å². The number of nitroso groups, excluding NO2 is 1. The summed E-state index contributed by atoms with van der Waals surface area (Å²) in [6.07, 6.45) is 0. The quantitative estimate of drug-likeness (QED) is 0.602. The SMILES string of the molecule is [NH3+]ON([N+]=O)c1ccccc1. The van der Waals surface area contributed by atoms with Gasteiger partial charge >= 0.3 is 5.29 Å². The summed E-state index contributed by atoms with van der Waals surface area (Å²) in [6, 6.07) is 8.74. The highest BCUT2D eigenvalue weighted by Gasteiger charge is 2.19. The molecule has 0 bridgehead atoms. The van der Waals surface area contributed by atoms with E-state index < -0.39 is 0 Å². The van der Waals surface area contributed by atoms with Crippen molar-refractivity contribution in [2.24, 2.45) is 0 Å². The summed E-state index contributed by atoms with van der Waals surface area (Å²) in [7, 11) is 0. The van der Waals surface area contributed by atoms with Gasteiger partial charge in [-0.1, -0.05) is 18.2 Å². The molecule has 1 aromatic rings. The van der Waals surface area contributed by atoms with Gasteiger partial charge in [0, 0.05) is 0 Å². The third-order valence-corrected chi connectivity index (χ3v) is 1.17. The van der Waals surface area contributed by atoms with Crippen LogP contribution in [0.3, 0.4) is 0 Å². The smallest absolute Gasteiger partial charge is 0.180 e. The van der Waals surface area contributed by atoms with E-state index in [0.29, 0.717) is 5.69 Å². The second kappa shape index (κ2) is 3.65. The molecule has 0 atom stereocenters. The Morgan fingerprint density at radius 2 is 2.00 bits per heavy atom. The lowest BCUT2D eigenvalue weighted by Crippen LogP contribution is -2.56. The van der Waals surface area contributed by atoms with Gasteiger partial charge in [0.1, 0.15) is 10.6 Å². The second-order valence-corrected chi connectivity index (χ2v) is 1.82. The molecule has 0 fully saturated rings. The summed E-state index contributed by atoms with van der Waals surface area (Å²) in [5.41, 5.74) is 0.553. The fraction of sp³-hybridized carbons (Fsp3) is 0. The first-order chi connectivity index (χ1) is 5.38. The van der Waals surface area contributed by atoms with Gasteiger partial charge in [-0.15, -0.1) is 0 Å². The molecule has 0 unspecified atom stereocenters. The Morgan fingerprint density at radius 1 is 1.36 bits per heavy atom. The number of nitrogens with zero attached hydrogens (tertiary/aromatic N) is 2. The lowest BCUT2D eigenvalue weighted by molar-refractivity contribution is -0.695. The van der Waals surface area contributed by atoms with Gasteiger partial charge < -0.3 is 0 Å². The molecule has 1 aromatic carbocycles. The van der Waals surface area contributed by atoms with Gasteiger partial charge in [-0.2, -0.15) is 5.90 Å². The number of benzene rings is 1. The van der Waals surface area contributed by atoms with Crippen LogP contribution >= 0.6 is 0 Å². The Balaban J connectivity index is 2.82. The van der Waals surface area contributed by atoms with Crippen LogP contribution in [0.2, 0.25) is 0 Å². The highest BCUT2D eigenvalue weighted by molar-refractivity contribution is 5.41. The second-order valence-electron chi connectivity index (χ2n) is 1.82. The minimum Gasteiger partial charge on any atom is -0.180 e. The predicted molar refractivity (Wildman–Crippen MR) is 38.4 cm³/mol. The van der Waals surface area contributed by atoms with Crippen molar-refractivity contribution in [3.8, 4) is 0 Å². The minimum atomic E-state index is 0.553. The predicted octanol–water partition coefficient (Wildman–Crippen LogP) is -0.401. The van der Waals surface area contributed by atoms with Crippen molar-refractivity contribution in [3.63, 3.8) is 0 Å². The van der Waals surface area contributed by atoms with E-state index in [-0.39, 0.29) is 0 Å². The van der Waals surface area contributed by atoms with Crippen molar-refractivity contribution >= 4 is 5.69 Å². The van der Waals surface area contributed by atoms with E-state index in [0.717, 1.165) is 5.17 Å². The zero-order valence-corrected chi connectivity index (χ0v) is 5.80. The molecule has 0 aliphatic carbocycles. The molecule has 0 amide bonds. The highest BCUT2D eigenvalue weighted by Crippen LogP contribution is 2.08. The summed E-state index contributed by atoms with van der Waals surface area (Å²) in [6.45, 7) is 0. The molecule has 0 aliphatic rings. The van der Waals surface area contributed by atoms with Crippen molar-refractivity contribution in [2.75, 3.05) is 5.17 Å². The molecule has 0 heterocycles. The molecule has 11 heavy (non-hydrogen) atoms. The number of hydrogen-bond acceptors (Lipinski definition) is 3. The topological polar surface area (TPSA) is 71.3 Å². The normalized spacial score (nSPS) is 9.18. The van der Waals surface area contributed by atoms with Crippen molar-refractivity contribution in [1.82, 2.24) is 5.29 Å². The first-order valence-corrected chi connectivity index (χ1v) is 2.99. The molecular formula is C6H8N3O2+2. The van der Waals surface area contributed by atoms with Crippen LogP contribution in [0.25, 0.3) is 0 Å². The molecule has 1 radical (unpaired) electrons. The summed E-state index contributed by atoms with van der Waals surface area (Å²) < 4.78 is 0. The monoisotopic (exact) mass is 154 g/mol. The van der Waals surface area contributed by atoms with E-state index in [1.54, 1.807) is 24.3 Å². The first-order valence-electron chi connectivity index (χ1n) is 2.99. The van der Waals surface area contributed by atoms with Crippen LogP contribution in [0.4, 0.5) is 5.69 Å². The average molecular weight is 154 g/mol. The third-order valence-electron chi connectivity index (χ3n) is 1.17. The Kier molecular flexibility index (Phi) is 2.53. The zero-order valence-electron chi connectivity index (χ0n) is 5.80. The van der Waals surface area contributed by atoms with Crippen molar-refractivity contribution in [3.05, 3.63) is 35.2 Å². The van der Waals surface area contributed by atoms with E-state index in [1.165, 1.54) is 0 Å². The number of quaternary nitrogens is 1. The highest BCUT2D eigenvalue weighted by atomic mass is 16.8. The summed E-state index contributed by atoms with van der Waals surface area (Å²) >= 11 is 0. The summed E-state index contributed by atoms with van der Waals surface area (Å²) in [4.78, 5) is 14.4. The molecule has 0 saturated heterocycles. The number of anilines is 1. The van der Waals surface area contributed by atoms with Gasteiger partial charge in [-0.3, -0.25) is 0 Å². The Hall–Kier alpha value is -1.46. The third kappa shape index (κ3) is 1.73. The van der Waals surface area contributed by atoms with Gasteiger partial charge in [0.15, 0.2) is 5.17 Å². The van der Waals surface area contributed by atoms with Crippen molar-refractivity contribution in [1.29, 1.82) is 0 Å². The van der Waals surface area contributed by atoms with Crippen LogP contribution in [0.5, 0.6) is 0 Å².